The maximum Gasteiger partial charge on any atom is 0.142 e. The maximum absolute atomic E-state index is 14.3. The third kappa shape index (κ3) is 11.0. The van der Waals surface area contributed by atoms with Gasteiger partial charge in [-0.3, -0.25) is 9.97 Å². The van der Waals surface area contributed by atoms with E-state index in [0.717, 1.165) is 107 Å². The summed E-state index contributed by atoms with van der Waals surface area (Å²) in [6, 6.07) is 18.3. The van der Waals surface area contributed by atoms with Crippen molar-refractivity contribution in [3.63, 3.8) is 0 Å². The lowest BCUT2D eigenvalue weighted by molar-refractivity contribution is 0.293. The van der Waals surface area contributed by atoms with E-state index in [1.807, 2.05) is 52.2 Å². The Hall–Kier alpha value is -6.02. The minimum Gasteiger partial charge on any atom is -0.493 e. The minimum atomic E-state index is -0.471. The average Bonchev–Trinajstić information content (AvgIpc) is 3.26. The number of rotatable bonds is 0. The number of aromatic nitrogens is 2. The second kappa shape index (κ2) is 21.1. The smallest absolute Gasteiger partial charge is 0.142 e. The molecule has 0 radical (unpaired) electrons. The molecule has 4 bridgehead atoms. The van der Waals surface area contributed by atoms with E-state index in [1.54, 1.807) is 24.5 Å². The van der Waals surface area contributed by atoms with Crippen LogP contribution in [-0.4, -0.2) is 60.2 Å². The first-order valence-corrected chi connectivity index (χ1v) is 22.1. The molecule has 0 fully saturated rings. The van der Waals surface area contributed by atoms with Crippen LogP contribution in [0, 0.1) is 48.1 Å². The Bertz CT molecular complexity index is 2810. The molecule has 0 spiro atoms. The number of hydrogen-bond donors (Lipinski definition) is 2. The molecule has 4 aromatic carbocycles. The number of hydrogen-bond acceptors (Lipinski definition) is 10. The van der Waals surface area contributed by atoms with E-state index in [2.05, 4.69) is 54.7 Å². The van der Waals surface area contributed by atoms with Crippen molar-refractivity contribution in [2.75, 3.05) is 51.0 Å². The predicted octanol–water partition coefficient (Wildman–Crippen LogP) is 12.7. The van der Waals surface area contributed by atoms with Crippen molar-refractivity contribution in [1.29, 1.82) is 10.5 Å². The van der Waals surface area contributed by atoms with Crippen LogP contribution in [0.3, 0.4) is 0 Å². The molecule has 2 aliphatic rings. The van der Waals surface area contributed by atoms with Crippen LogP contribution in [0.4, 0.5) is 31.5 Å². The maximum atomic E-state index is 14.3. The summed E-state index contributed by atoms with van der Waals surface area (Å²) >= 11 is 12.3. The van der Waals surface area contributed by atoms with Gasteiger partial charge in [0.1, 0.15) is 35.3 Å². The summed E-state index contributed by atoms with van der Waals surface area (Å²) in [4.78, 5) is 13.2. The quantitative estimate of drug-likeness (QED) is 0.142. The van der Waals surface area contributed by atoms with Gasteiger partial charge in [0.05, 0.1) is 56.8 Å². The molecule has 2 aliphatic heterocycles. The van der Waals surface area contributed by atoms with Crippen LogP contribution in [0.5, 0.6) is 11.5 Å². The van der Waals surface area contributed by atoms with E-state index in [0.29, 0.717) is 60.2 Å². The van der Waals surface area contributed by atoms with Crippen molar-refractivity contribution >= 4 is 67.8 Å². The summed E-state index contributed by atoms with van der Waals surface area (Å²) in [7, 11) is 4.02. The van der Waals surface area contributed by atoms with Crippen LogP contribution in [0.15, 0.2) is 73.1 Å². The Morgan fingerprint density at radius 1 is 0.641 bits per heavy atom. The monoisotopic (exact) mass is 904 g/mol. The van der Waals surface area contributed by atoms with Crippen LogP contribution < -0.4 is 20.1 Å². The number of pyridine rings is 2. The van der Waals surface area contributed by atoms with Gasteiger partial charge in [-0.15, -0.1) is 0 Å². The standard InChI is InChI=1S/C25H26ClFN4O.C25H24ClFN4O.H2/c2*1-16-9-23-19-11-24(16)32-8-6-4-3-5-7-31(2)15-17-10-21(27)20(26)12-22(17)30-25(19)18(13-28)14-29-23;/h9-12,14,30H,3-8,15H2,1-2H3;3-4,9-12,14,30H,5-8,15H2,1-2H3;1H/b;4-3-;. The van der Waals surface area contributed by atoms with Crippen LogP contribution in [-0.2, 0) is 13.1 Å². The number of anilines is 4. The average molecular weight is 906 g/mol. The first-order valence-electron chi connectivity index (χ1n) is 21.4. The molecule has 2 aromatic heterocycles. The van der Waals surface area contributed by atoms with Gasteiger partial charge in [0.15, 0.2) is 0 Å². The van der Waals surface area contributed by atoms with Gasteiger partial charge in [-0.1, -0.05) is 48.2 Å². The number of benzene rings is 4. The van der Waals surface area contributed by atoms with Gasteiger partial charge in [0.25, 0.3) is 0 Å². The fourth-order valence-corrected chi connectivity index (χ4v) is 8.19. The third-order valence-electron chi connectivity index (χ3n) is 11.3. The highest BCUT2D eigenvalue weighted by Gasteiger charge is 2.19. The molecule has 332 valence electrons. The summed E-state index contributed by atoms with van der Waals surface area (Å²) in [6.07, 6.45) is 13.3. The molecular formula is C50H52Cl2F2N8O2. The number of nitrogens with zero attached hydrogens (tertiary/aromatic N) is 6. The van der Waals surface area contributed by atoms with Crippen LogP contribution in [0.1, 0.15) is 73.3 Å². The van der Waals surface area contributed by atoms with Gasteiger partial charge >= 0.3 is 0 Å². The van der Waals surface area contributed by atoms with Gasteiger partial charge in [0, 0.05) is 55.6 Å². The summed E-state index contributed by atoms with van der Waals surface area (Å²) < 4.78 is 40.8. The van der Waals surface area contributed by atoms with Crippen molar-refractivity contribution in [2.24, 2.45) is 0 Å². The Morgan fingerprint density at radius 2 is 1.12 bits per heavy atom. The first kappa shape index (κ1) is 46.0. The second-order valence-corrected chi connectivity index (χ2v) is 17.1. The molecule has 0 unspecified atom stereocenters. The lowest BCUT2D eigenvalue weighted by Crippen LogP contribution is -2.20. The zero-order chi connectivity index (χ0) is 45.3. The van der Waals surface area contributed by atoms with Crippen molar-refractivity contribution in [3.8, 4) is 23.6 Å². The van der Waals surface area contributed by atoms with E-state index in [9.17, 15) is 19.3 Å². The van der Waals surface area contributed by atoms with Crippen molar-refractivity contribution in [3.05, 3.63) is 128 Å². The van der Waals surface area contributed by atoms with E-state index in [1.165, 1.54) is 12.1 Å². The molecule has 2 N–H and O–H groups in total. The van der Waals surface area contributed by atoms with E-state index < -0.39 is 11.6 Å². The lowest BCUT2D eigenvalue weighted by atomic mass is 10.0. The van der Waals surface area contributed by atoms with Crippen LogP contribution in [0.2, 0.25) is 10.0 Å². The molecule has 6 aromatic rings. The zero-order valence-corrected chi connectivity index (χ0v) is 37.9. The lowest BCUT2D eigenvalue weighted by Gasteiger charge is -2.21. The van der Waals surface area contributed by atoms with Gasteiger partial charge in [-0.25, -0.2) is 8.78 Å². The van der Waals surface area contributed by atoms with Crippen LogP contribution >= 0.6 is 23.2 Å². The number of nitriles is 2. The Kier molecular flexibility index (Phi) is 15.2. The molecular weight excluding hydrogens is 854 g/mol. The molecule has 0 amide bonds. The molecule has 14 heteroatoms. The minimum absolute atomic E-state index is 0. The zero-order valence-electron chi connectivity index (χ0n) is 36.4. The van der Waals surface area contributed by atoms with Gasteiger partial charge < -0.3 is 29.9 Å². The van der Waals surface area contributed by atoms with Gasteiger partial charge in [-0.2, -0.15) is 10.5 Å². The summed E-state index contributed by atoms with van der Waals surface area (Å²) in [5.74, 6) is 0.597. The molecule has 10 nitrogen and oxygen atoms in total. The highest BCUT2D eigenvalue weighted by molar-refractivity contribution is 6.31. The number of aryl methyl sites for hydroxylation is 2. The van der Waals surface area contributed by atoms with Crippen molar-refractivity contribution in [2.45, 2.75) is 65.5 Å². The Balaban J connectivity index is 0.000000212. The highest BCUT2D eigenvalue weighted by Crippen LogP contribution is 2.38. The topological polar surface area (TPSA) is 122 Å². The Labute approximate surface area is 384 Å². The third-order valence-corrected chi connectivity index (χ3v) is 11.9. The molecule has 0 saturated carbocycles. The molecule has 64 heavy (non-hydrogen) atoms. The highest BCUT2D eigenvalue weighted by atomic mass is 35.5. The molecule has 0 atom stereocenters. The molecule has 4 heterocycles. The molecule has 0 aliphatic carbocycles. The molecule has 8 rings (SSSR count). The van der Waals surface area contributed by atoms with E-state index in [4.69, 9.17) is 32.7 Å². The number of fused-ring (bicyclic) bond motifs is 4. The SMILES string of the molecule is Cc1cc2ncc(C#N)c3c2cc1OCC/C=C\CCN(C)Cc1cc(F)c(Cl)cc1N3.Cc1cc2ncc(C#N)c3c2cc1OCCCCCCN(C)Cc1cc(F)c(Cl)cc1N3.[HH]. The first-order chi connectivity index (χ1) is 30.9. The van der Waals surface area contributed by atoms with Crippen molar-refractivity contribution < 1.29 is 19.7 Å². The number of halogens is 4. The predicted molar refractivity (Wildman–Crippen MR) is 254 cm³/mol. The van der Waals surface area contributed by atoms with E-state index in [-0.39, 0.29) is 11.5 Å². The van der Waals surface area contributed by atoms with Crippen molar-refractivity contribution in [1.82, 2.24) is 19.8 Å². The normalized spacial score (nSPS) is 15.8. The summed E-state index contributed by atoms with van der Waals surface area (Å²) in [5, 5.41) is 27.8. The fourth-order valence-electron chi connectivity index (χ4n) is 7.86. The number of nitrogens with one attached hydrogen (secondary N) is 2. The Morgan fingerprint density at radius 3 is 1.66 bits per heavy atom. The van der Waals surface area contributed by atoms with Gasteiger partial charge in [0.2, 0.25) is 0 Å². The van der Waals surface area contributed by atoms with Crippen LogP contribution in [0.25, 0.3) is 21.8 Å². The van der Waals surface area contributed by atoms with Gasteiger partial charge in [-0.05, 0) is 131 Å². The molecule has 0 saturated heterocycles. The second-order valence-electron chi connectivity index (χ2n) is 16.3. The summed E-state index contributed by atoms with van der Waals surface area (Å²) in [6.45, 7) is 8.00. The van der Waals surface area contributed by atoms with E-state index >= 15 is 0 Å². The largest absolute Gasteiger partial charge is 0.493 e. The number of ether oxygens (including phenoxy) is 2. The summed E-state index contributed by atoms with van der Waals surface area (Å²) in [5.41, 5.74) is 8.30. The fraction of sp³-hybridized carbons (Fsp3) is 0.320.